The number of alkyl halides is 1. The highest BCUT2D eigenvalue weighted by Crippen LogP contribution is 2.10. The molecule has 5 heteroatoms. The highest BCUT2D eigenvalue weighted by Gasteiger charge is 2.11. The minimum atomic E-state index is -3.33. The normalized spacial score (nSPS) is 11.6. The maximum atomic E-state index is 11.6. The lowest BCUT2D eigenvalue weighted by Crippen LogP contribution is -2.23. The second kappa shape index (κ2) is 5.49. The van der Waals surface area contributed by atoms with Crippen LogP contribution in [0.15, 0.2) is 29.2 Å². The first-order chi connectivity index (χ1) is 7.10. The molecule has 0 unspecified atom stereocenters. The van der Waals surface area contributed by atoms with Crippen LogP contribution in [0.3, 0.4) is 0 Å². The van der Waals surface area contributed by atoms with Crippen molar-refractivity contribution in [2.24, 2.45) is 0 Å². The van der Waals surface area contributed by atoms with E-state index in [1.165, 1.54) is 0 Å². The zero-order valence-corrected chi connectivity index (χ0v) is 10.1. The molecule has 3 nitrogen and oxygen atoms in total. The Kier molecular flexibility index (Phi) is 4.57. The van der Waals surface area contributed by atoms with Gasteiger partial charge in [0.05, 0.1) is 4.90 Å². The first-order valence-corrected chi connectivity index (χ1v) is 6.76. The standard InChI is InChI=1S/C10H14ClNO2S/c1-2-12-15(13,14)10-5-3-9(4-6-10)7-8-11/h3-6,12H,2,7-8H2,1H3. The predicted molar refractivity (Wildman–Crippen MR) is 61.7 cm³/mol. The van der Waals surface area contributed by atoms with Crippen LogP contribution >= 0.6 is 11.6 Å². The molecule has 0 saturated heterocycles. The fraction of sp³-hybridized carbons (Fsp3) is 0.400. The fourth-order valence-electron chi connectivity index (χ4n) is 1.22. The highest BCUT2D eigenvalue weighted by molar-refractivity contribution is 7.89. The minimum absolute atomic E-state index is 0.294. The molecule has 0 aliphatic rings. The second-order valence-corrected chi connectivity index (χ2v) is 5.23. The van der Waals surface area contributed by atoms with Gasteiger partial charge in [0, 0.05) is 12.4 Å². The summed E-state index contributed by atoms with van der Waals surface area (Å²) >= 11 is 5.58. The van der Waals surface area contributed by atoms with Gasteiger partial charge in [-0.2, -0.15) is 0 Å². The van der Waals surface area contributed by atoms with Crippen molar-refractivity contribution in [2.75, 3.05) is 12.4 Å². The van der Waals surface area contributed by atoms with E-state index in [4.69, 9.17) is 11.6 Å². The molecule has 0 heterocycles. The van der Waals surface area contributed by atoms with E-state index in [-0.39, 0.29) is 0 Å². The molecule has 0 amide bonds. The summed E-state index contributed by atoms with van der Waals surface area (Å²) in [6, 6.07) is 6.76. The van der Waals surface area contributed by atoms with E-state index in [1.807, 2.05) is 0 Å². The van der Waals surface area contributed by atoms with Gasteiger partial charge >= 0.3 is 0 Å². The number of aryl methyl sites for hydroxylation is 1. The molecule has 0 fully saturated rings. The van der Waals surface area contributed by atoms with Crippen LogP contribution in [-0.4, -0.2) is 20.8 Å². The van der Waals surface area contributed by atoms with Crippen molar-refractivity contribution in [3.05, 3.63) is 29.8 Å². The lowest BCUT2D eigenvalue weighted by molar-refractivity contribution is 0.584. The van der Waals surface area contributed by atoms with Crippen molar-refractivity contribution in [3.63, 3.8) is 0 Å². The quantitative estimate of drug-likeness (QED) is 0.806. The Morgan fingerprint density at radius 1 is 1.27 bits per heavy atom. The number of rotatable bonds is 5. The molecule has 0 aliphatic heterocycles. The molecule has 0 atom stereocenters. The zero-order valence-electron chi connectivity index (χ0n) is 8.53. The smallest absolute Gasteiger partial charge is 0.211 e. The molecular weight excluding hydrogens is 234 g/mol. The number of hydrogen-bond acceptors (Lipinski definition) is 2. The molecule has 84 valence electrons. The third kappa shape index (κ3) is 3.48. The Morgan fingerprint density at radius 3 is 2.33 bits per heavy atom. The summed E-state index contributed by atoms with van der Waals surface area (Å²) in [6.45, 7) is 2.14. The van der Waals surface area contributed by atoms with E-state index in [2.05, 4.69) is 4.72 Å². The zero-order chi connectivity index (χ0) is 11.3. The number of sulfonamides is 1. The molecule has 0 spiro atoms. The van der Waals surface area contributed by atoms with Gasteiger partial charge in [0.2, 0.25) is 10.0 Å². The van der Waals surface area contributed by atoms with E-state index in [1.54, 1.807) is 31.2 Å². The third-order valence-electron chi connectivity index (χ3n) is 1.95. The Bertz CT molecular complexity index is 400. The monoisotopic (exact) mass is 247 g/mol. The van der Waals surface area contributed by atoms with Gasteiger partial charge in [-0.1, -0.05) is 19.1 Å². The van der Waals surface area contributed by atoms with Gasteiger partial charge in [0.1, 0.15) is 0 Å². The van der Waals surface area contributed by atoms with Crippen LogP contribution in [0.1, 0.15) is 12.5 Å². The molecule has 15 heavy (non-hydrogen) atoms. The number of halogens is 1. The molecular formula is C10H14ClNO2S. The second-order valence-electron chi connectivity index (χ2n) is 3.08. The van der Waals surface area contributed by atoms with Crippen LogP contribution in [-0.2, 0) is 16.4 Å². The van der Waals surface area contributed by atoms with Crippen molar-refractivity contribution in [2.45, 2.75) is 18.2 Å². The summed E-state index contributed by atoms with van der Waals surface area (Å²) in [5.41, 5.74) is 1.04. The van der Waals surface area contributed by atoms with E-state index < -0.39 is 10.0 Å². The van der Waals surface area contributed by atoms with Crippen molar-refractivity contribution in [1.29, 1.82) is 0 Å². The summed E-state index contributed by atoms with van der Waals surface area (Å²) in [5.74, 6) is 0.541. The van der Waals surface area contributed by atoms with Gasteiger partial charge < -0.3 is 0 Å². The number of hydrogen-bond donors (Lipinski definition) is 1. The van der Waals surface area contributed by atoms with E-state index in [9.17, 15) is 8.42 Å². The van der Waals surface area contributed by atoms with Gasteiger partial charge in [-0.25, -0.2) is 13.1 Å². The summed E-state index contributed by atoms with van der Waals surface area (Å²) < 4.78 is 25.6. The first kappa shape index (κ1) is 12.5. The molecule has 1 aromatic carbocycles. The van der Waals surface area contributed by atoms with Crippen molar-refractivity contribution < 1.29 is 8.42 Å². The summed E-state index contributed by atoms with van der Waals surface area (Å²) in [6.07, 6.45) is 0.753. The summed E-state index contributed by atoms with van der Waals surface area (Å²) in [4.78, 5) is 0.294. The lowest BCUT2D eigenvalue weighted by atomic mass is 10.2. The fourth-order valence-corrected chi connectivity index (χ4v) is 2.48. The van der Waals surface area contributed by atoms with Crippen LogP contribution < -0.4 is 4.72 Å². The van der Waals surface area contributed by atoms with Crippen LogP contribution in [0, 0.1) is 0 Å². The minimum Gasteiger partial charge on any atom is -0.211 e. The Balaban J connectivity index is 2.89. The van der Waals surface area contributed by atoms with Crippen LogP contribution in [0.2, 0.25) is 0 Å². The highest BCUT2D eigenvalue weighted by atomic mass is 35.5. The summed E-state index contributed by atoms with van der Waals surface area (Å²) in [7, 11) is -3.33. The van der Waals surface area contributed by atoms with Gasteiger partial charge in [0.25, 0.3) is 0 Å². The third-order valence-corrected chi connectivity index (χ3v) is 3.70. The van der Waals surface area contributed by atoms with Gasteiger partial charge in [-0.3, -0.25) is 0 Å². The molecule has 1 aromatic rings. The van der Waals surface area contributed by atoms with Gasteiger partial charge in [-0.15, -0.1) is 11.6 Å². The van der Waals surface area contributed by atoms with Crippen LogP contribution in [0.4, 0.5) is 0 Å². The average molecular weight is 248 g/mol. The number of nitrogens with one attached hydrogen (secondary N) is 1. The first-order valence-electron chi connectivity index (χ1n) is 4.74. The molecule has 0 radical (unpaired) electrons. The SMILES string of the molecule is CCNS(=O)(=O)c1ccc(CCCl)cc1. The Hall–Kier alpha value is -0.580. The topological polar surface area (TPSA) is 46.2 Å². The van der Waals surface area contributed by atoms with Crippen molar-refractivity contribution >= 4 is 21.6 Å². The van der Waals surface area contributed by atoms with Crippen molar-refractivity contribution in [1.82, 2.24) is 4.72 Å². The maximum absolute atomic E-state index is 11.6. The molecule has 0 aliphatic carbocycles. The van der Waals surface area contributed by atoms with E-state index in [0.29, 0.717) is 17.3 Å². The average Bonchev–Trinajstić information content (AvgIpc) is 2.19. The van der Waals surface area contributed by atoms with Gasteiger partial charge in [-0.05, 0) is 24.1 Å². The Morgan fingerprint density at radius 2 is 1.87 bits per heavy atom. The van der Waals surface area contributed by atoms with Crippen LogP contribution in [0.5, 0.6) is 0 Å². The largest absolute Gasteiger partial charge is 0.240 e. The summed E-state index contributed by atoms with van der Waals surface area (Å²) in [5, 5.41) is 0. The molecule has 1 rings (SSSR count). The molecule has 0 saturated carbocycles. The lowest BCUT2D eigenvalue weighted by Gasteiger charge is -2.05. The van der Waals surface area contributed by atoms with E-state index in [0.717, 1.165) is 12.0 Å². The molecule has 1 N–H and O–H groups in total. The van der Waals surface area contributed by atoms with Crippen LogP contribution in [0.25, 0.3) is 0 Å². The van der Waals surface area contributed by atoms with Gasteiger partial charge in [0.15, 0.2) is 0 Å². The number of benzene rings is 1. The Labute approximate surface area is 95.5 Å². The maximum Gasteiger partial charge on any atom is 0.240 e. The molecule has 0 aromatic heterocycles. The van der Waals surface area contributed by atoms with E-state index >= 15 is 0 Å². The predicted octanol–water partition coefficient (Wildman–Crippen LogP) is 1.77. The van der Waals surface area contributed by atoms with Crippen molar-refractivity contribution in [3.8, 4) is 0 Å². The molecule has 0 bridgehead atoms.